The first-order chi connectivity index (χ1) is 6.09. The molecular weight excluding hydrogens is 189 g/mol. The number of carboxylic acid groups (broad SMARTS) is 1. The van der Waals surface area contributed by atoms with Gasteiger partial charge in [0.05, 0.1) is 6.04 Å². The van der Waals surface area contributed by atoms with Crippen molar-refractivity contribution in [3.8, 4) is 0 Å². The Labute approximate surface area is 78.0 Å². The van der Waals surface area contributed by atoms with Crippen LogP contribution in [-0.4, -0.2) is 22.6 Å². The first-order valence-electron chi connectivity index (χ1n) is 4.07. The van der Waals surface area contributed by atoms with Crippen molar-refractivity contribution < 1.29 is 14.7 Å². The molecule has 2 atom stereocenters. The van der Waals surface area contributed by atoms with Gasteiger partial charge in [-0.1, -0.05) is 6.08 Å². The van der Waals surface area contributed by atoms with Gasteiger partial charge in [0, 0.05) is 6.42 Å². The van der Waals surface area contributed by atoms with Gasteiger partial charge in [-0.3, -0.25) is 9.59 Å². The van der Waals surface area contributed by atoms with Crippen LogP contribution in [-0.2, 0) is 9.59 Å². The van der Waals surface area contributed by atoms with E-state index in [1.54, 1.807) is 0 Å². The van der Waals surface area contributed by atoms with E-state index in [1.807, 2.05) is 6.08 Å². The molecule has 4 nitrogen and oxygen atoms in total. The average molecular weight is 201 g/mol. The third kappa shape index (κ3) is 4.15. The summed E-state index contributed by atoms with van der Waals surface area (Å²) in [6.07, 6.45) is 3.13. The van der Waals surface area contributed by atoms with Gasteiger partial charge in [0.15, 0.2) is 5.52 Å². The molecule has 0 aromatic rings. The van der Waals surface area contributed by atoms with Crippen LogP contribution in [0.5, 0.6) is 0 Å². The van der Waals surface area contributed by atoms with Crippen molar-refractivity contribution in [2.75, 3.05) is 0 Å². The molecule has 0 amide bonds. The van der Waals surface area contributed by atoms with Crippen LogP contribution in [0.25, 0.3) is 0 Å². The number of aliphatic carboxylic acids is 1. The van der Waals surface area contributed by atoms with Crippen molar-refractivity contribution >= 4 is 20.1 Å². The third-order valence-electron chi connectivity index (χ3n) is 1.70. The van der Waals surface area contributed by atoms with E-state index >= 15 is 0 Å². The van der Waals surface area contributed by atoms with Crippen molar-refractivity contribution in [1.82, 2.24) is 0 Å². The van der Waals surface area contributed by atoms with Crippen molar-refractivity contribution in [2.24, 2.45) is 5.73 Å². The Hall–Kier alpha value is -0.730. The molecule has 0 radical (unpaired) electrons. The molecule has 0 aromatic carbocycles. The van der Waals surface area contributed by atoms with Crippen LogP contribution >= 0.6 is 8.58 Å². The molecule has 0 aliphatic heterocycles. The molecule has 3 N–H and O–H groups in total. The summed E-state index contributed by atoms with van der Waals surface area (Å²) in [6.45, 7) is 0. The van der Waals surface area contributed by atoms with Crippen LogP contribution in [0.1, 0.15) is 19.3 Å². The zero-order valence-electron chi connectivity index (χ0n) is 7.12. The van der Waals surface area contributed by atoms with Gasteiger partial charge in [-0.05, 0) is 26.7 Å². The standard InChI is InChI=1S/C8H12NO3P/c9-6(3-4-7(10)11)8(12)13-5-1-2-5/h1,6,13H,2-4,9H2,(H,10,11)/t6-/m0/s1. The van der Waals surface area contributed by atoms with Gasteiger partial charge in [-0.2, -0.15) is 0 Å². The van der Waals surface area contributed by atoms with Crippen molar-refractivity contribution in [3.05, 3.63) is 11.4 Å². The van der Waals surface area contributed by atoms with Crippen LogP contribution in [0.2, 0.25) is 0 Å². The Bertz CT molecular complexity index is 262. The smallest absolute Gasteiger partial charge is 0.303 e. The predicted octanol–water partition coefficient (Wildman–Crippen LogP) is 0.671. The van der Waals surface area contributed by atoms with E-state index in [2.05, 4.69) is 0 Å². The minimum atomic E-state index is -0.905. The van der Waals surface area contributed by atoms with E-state index in [0.717, 1.165) is 11.7 Å². The molecule has 0 aromatic heterocycles. The summed E-state index contributed by atoms with van der Waals surface area (Å²) in [5, 5.41) is 9.51. The first-order valence-corrected chi connectivity index (χ1v) is 5.07. The van der Waals surface area contributed by atoms with Gasteiger partial charge in [0.25, 0.3) is 0 Å². The fourth-order valence-corrected chi connectivity index (χ4v) is 1.77. The maximum atomic E-state index is 11.3. The van der Waals surface area contributed by atoms with Crippen LogP contribution in [0, 0.1) is 0 Å². The highest BCUT2D eigenvalue weighted by molar-refractivity contribution is 7.62. The van der Waals surface area contributed by atoms with Crippen LogP contribution in [0.15, 0.2) is 11.4 Å². The van der Waals surface area contributed by atoms with E-state index in [4.69, 9.17) is 10.8 Å². The molecule has 0 spiro atoms. The molecule has 0 saturated carbocycles. The van der Waals surface area contributed by atoms with E-state index in [-0.39, 0.29) is 26.9 Å². The topological polar surface area (TPSA) is 80.4 Å². The fourth-order valence-electron chi connectivity index (χ4n) is 0.814. The lowest BCUT2D eigenvalue weighted by Crippen LogP contribution is -2.28. The Kier molecular flexibility index (Phi) is 3.58. The maximum absolute atomic E-state index is 11.3. The molecular formula is C8H12NO3P. The number of allylic oxidation sites excluding steroid dienone is 2. The molecule has 0 bridgehead atoms. The second-order valence-electron chi connectivity index (χ2n) is 2.96. The lowest BCUT2D eigenvalue weighted by Gasteiger charge is -2.06. The van der Waals surface area contributed by atoms with Gasteiger partial charge < -0.3 is 10.8 Å². The highest BCUT2D eigenvalue weighted by atomic mass is 31.1. The molecule has 5 heteroatoms. The molecule has 1 unspecified atom stereocenters. The first kappa shape index (κ1) is 10.4. The van der Waals surface area contributed by atoms with Gasteiger partial charge in [0.1, 0.15) is 0 Å². The van der Waals surface area contributed by atoms with Crippen molar-refractivity contribution in [1.29, 1.82) is 0 Å². The summed E-state index contributed by atoms with van der Waals surface area (Å²) in [5.74, 6) is -0.905. The quantitative estimate of drug-likeness (QED) is 0.619. The number of carbonyl (C=O) groups is 2. The number of nitrogens with two attached hydrogens (primary N) is 1. The molecule has 72 valence electrons. The number of carbonyl (C=O) groups excluding carboxylic acids is 1. The van der Waals surface area contributed by atoms with Crippen LogP contribution in [0.4, 0.5) is 0 Å². The Morgan fingerprint density at radius 3 is 2.77 bits per heavy atom. The second-order valence-corrected chi connectivity index (χ2v) is 4.35. The minimum Gasteiger partial charge on any atom is -0.481 e. The summed E-state index contributed by atoms with van der Waals surface area (Å²) in [5.41, 5.74) is 5.49. The highest BCUT2D eigenvalue weighted by Gasteiger charge is 2.19. The maximum Gasteiger partial charge on any atom is 0.303 e. The van der Waals surface area contributed by atoms with Gasteiger partial charge in [-0.15, -0.1) is 0 Å². The van der Waals surface area contributed by atoms with Crippen molar-refractivity contribution in [2.45, 2.75) is 25.3 Å². The molecule has 1 aliphatic carbocycles. The van der Waals surface area contributed by atoms with Gasteiger partial charge in [0.2, 0.25) is 0 Å². The summed E-state index contributed by atoms with van der Waals surface area (Å²) in [4.78, 5) is 21.4. The Balaban J connectivity index is 2.20. The minimum absolute atomic E-state index is 0.0231. The molecule has 1 aliphatic rings. The van der Waals surface area contributed by atoms with Gasteiger partial charge in [-0.25, -0.2) is 0 Å². The largest absolute Gasteiger partial charge is 0.481 e. The highest BCUT2D eigenvalue weighted by Crippen LogP contribution is 2.38. The van der Waals surface area contributed by atoms with E-state index in [0.29, 0.717) is 0 Å². The monoisotopic (exact) mass is 201 g/mol. The normalized spacial score (nSPS) is 17.2. The van der Waals surface area contributed by atoms with Crippen molar-refractivity contribution in [3.63, 3.8) is 0 Å². The number of carboxylic acids is 1. The lowest BCUT2D eigenvalue weighted by atomic mass is 10.2. The number of hydrogen-bond donors (Lipinski definition) is 2. The van der Waals surface area contributed by atoms with Crippen LogP contribution < -0.4 is 5.73 Å². The molecule has 0 fully saturated rings. The van der Waals surface area contributed by atoms with Gasteiger partial charge >= 0.3 is 5.97 Å². The average Bonchev–Trinajstić information content (AvgIpc) is 2.83. The summed E-state index contributed by atoms with van der Waals surface area (Å²) >= 11 is 0. The molecule has 1 rings (SSSR count). The molecule has 0 heterocycles. The van der Waals surface area contributed by atoms with E-state index in [1.165, 1.54) is 0 Å². The van der Waals surface area contributed by atoms with Crippen LogP contribution in [0.3, 0.4) is 0 Å². The zero-order chi connectivity index (χ0) is 9.84. The second kappa shape index (κ2) is 4.49. The SMILES string of the molecule is N[C@@H](CCC(=O)O)C(=O)PC1=CC1. The van der Waals surface area contributed by atoms with E-state index in [9.17, 15) is 9.59 Å². The lowest BCUT2D eigenvalue weighted by molar-refractivity contribution is -0.137. The zero-order valence-corrected chi connectivity index (χ0v) is 8.12. The number of rotatable bonds is 6. The summed E-state index contributed by atoms with van der Waals surface area (Å²) < 4.78 is 0. The molecule has 0 saturated heterocycles. The Morgan fingerprint density at radius 2 is 2.31 bits per heavy atom. The van der Waals surface area contributed by atoms with E-state index < -0.39 is 12.0 Å². The fraction of sp³-hybridized carbons (Fsp3) is 0.500. The summed E-state index contributed by atoms with van der Waals surface area (Å²) in [7, 11) is 0.162. The number of hydrogen-bond acceptors (Lipinski definition) is 3. The molecule has 13 heavy (non-hydrogen) atoms. The third-order valence-corrected chi connectivity index (χ3v) is 3.04. The Morgan fingerprint density at radius 1 is 1.69 bits per heavy atom. The summed E-state index contributed by atoms with van der Waals surface area (Å²) in [6, 6.07) is -0.601. The predicted molar refractivity (Wildman–Crippen MR) is 50.9 cm³/mol.